The summed E-state index contributed by atoms with van der Waals surface area (Å²) in [5, 5.41) is 8.75. The van der Waals surface area contributed by atoms with Gasteiger partial charge in [0.05, 0.1) is 11.6 Å². The van der Waals surface area contributed by atoms with Crippen LogP contribution in [0.25, 0.3) is 6.08 Å². The third-order valence-electron chi connectivity index (χ3n) is 4.37. The second-order valence-electron chi connectivity index (χ2n) is 6.29. The zero-order valence-corrected chi connectivity index (χ0v) is 15.1. The number of hydrogen-bond donors (Lipinski definition) is 0. The zero-order chi connectivity index (χ0) is 19.9. The molecule has 2 aromatic rings. The van der Waals surface area contributed by atoms with Crippen LogP contribution in [0.3, 0.4) is 0 Å². The number of ketones is 1. The third-order valence-corrected chi connectivity index (χ3v) is 4.37. The number of ether oxygens (including phenoxy) is 1. The van der Waals surface area contributed by atoms with Crippen LogP contribution in [0.4, 0.5) is 5.69 Å². The van der Waals surface area contributed by atoms with E-state index in [4.69, 9.17) is 10.00 Å². The first kappa shape index (κ1) is 19.1. The molecule has 0 aromatic heterocycles. The molecule has 1 aliphatic heterocycles. The molecule has 1 heterocycles. The Morgan fingerprint density at radius 3 is 2.43 bits per heavy atom. The molecule has 0 unspecified atom stereocenters. The molecule has 0 radical (unpaired) electrons. The number of carbonyl (C=O) groups excluding carboxylic acids is 3. The fraction of sp³-hybridized carbons (Fsp3) is 0.182. The number of nitrogens with zero attached hydrogens (tertiary/aromatic N) is 2. The zero-order valence-electron chi connectivity index (χ0n) is 15.1. The smallest absolute Gasteiger partial charge is 0.331 e. The lowest BCUT2D eigenvalue weighted by Crippen LogP contribution is -2.23. The summed E-state index contributed by atoms with van der Waals surface area (Å²) in [5.41, 5.74) is 2.46. The lowest BCUT2D eigenvalue weighted by molar-refractivity contribution is -0.136. The third kappa shape index (κ3) is 4.71. The van der Waals surface area contributed by atoms with Gasteiger partial charge in [0.1, 0.15) is 0 Å². The van der Waals surface area contributed by atoms with Crippen LogP contribution in [-0.2, 0) is 14.3 Å². The molecule has 0 saturated carbocycles. The van der Waals surface area contributed by atoms with Crippen LogP contribution in [0.1, 0.15) is 34.3 Å². The maximum absolute atomic E-state index is 12.2. The predicted octanol–water partition coefficient (Wildman–Crippen LogP) is 3.12. The van der Waals surface area contributed by atoms with E-state index in [1.165, 1.54) is 6.08 Å². The van der Waals surface area contributed by atoms with Crippen molar-refractivity contribution in [2.24, 2.45) is 0 Å². The predicted molar refractivity (Wildman–Crippen MR) is 104 cm³/mol. The minimum Gasteiger partial charge on any atom is -0.454 e. The van der Waals surface area contributed by atoms with Crippen molar-refractivity contribution in [1.29, 1.82) is 5.26 Å². The number of esters is 1. The Morgan fingerprint density at radius 1 is 1.11 bits per heavy atom. The fourth-order valence-corrected chi connectivity index (χ4v) is 2.85. The van der Waals surface area contributed by atoms with Gasteiger partial charge in [-0.2, -0.15) is 5.26 Å². The summed E-state index contributed by atoms with van der Waals surface area (Å²) in [6.45, 7) is 0.327. The number of nitriles is 1. The summed E-state index contributed by atoms with van der Waals surface area (Å²) in [5.74, 6) is -0.863. The van der Waals surface area contributed by atoms with E-state index in [-0.39, 0.29) is 18.3 Å². The largest absolute Gasteiger partial charge is 0.454 e. The lowest BCUT2D eigenvalue weighted by atomic mass is 10.1. The van der Waals surface area contributed by atoms with Crippen LogP contribution in [0, 0.1) is 11.3 Å². The van der Waals surface area contributed by atoms with Crippen LogP contribution in [0.15, 0.2) is 54.6 Å². The summed E-state index contributed by atoms with van der Waals surface area (Å²) in [4.78, 5) is 37.4. The standard InChI is InChI=1S/C22H18N2O4/c23-14-17-5-3-16(4-6-17)7-12-22(27)28-15-20(25)18-8-10-19(11-9-18)24-13-1-2-21(24)26/h3-12H,1-2,13,15H2/b12-7+. The summed E-state index contributed by atoms with van der Waals surface area (Å²) in [6.07, 6.45) is 4.17. The highest BCUT2D eigenvalue weighted by molar-refractivity contribution is 6.00. The van der Waals surface area contributed by atoms with Crippen LogP contribution >= 0.6 is 0 Å². The van der Waals surface area contributed by atoms with Gasteiger partial charge in [-0.1, -0.05) is 12.1 Å². The molecule has 0 bridgehead atoms. The van der Waals surface area contributed by atoms with Crippen molar-refractivity contribution in [3.8, 4) is 6.07 Å². The molecule has 1 amide bonds. The quantitative estimate of drug-likeness (QED) is 0.440. The van der Waals surface area contributed by atoms with Crippen LogP contribution < -0.4 is 4.90 Å². The minimum absolute atomic E-state index is 0.0852. The van der Waals surface area contributed by atoms with Gasteiger partial charge in [0.25, 0.3) is 0 Å². The summed E-state index contributed by atoms with van der Waals surface area (Å²) in [7, 11) is 0. The minimum atomic E-state index is -0.628. The number of hydrogen-bond acceptors (Lipinski definition) is 5. The molecule has 0 N–H and O–H groups in total. The molecule has 0 atom stereocenters. The number of amides is 1. The molecule has 6 heteroatoms. The van der Waals surface area contributed by atoms with Crippen LogP contribution in [-0.4, -0.2) is 30.8 Å². The van der Waals surface area contributed by atoms with Crippen molar-refractivity contribution in [3.05, 3.63) is 71.3 Å². The molecule has 3 rings (SSSR count). The molecule has 1 aliphatic rings. The maximum atomic E-state index is 12.2. The summed E-state index contributed by atoms with van der Waals surface area (Å²) in [6, 6.07) is 15.4. The van der Waals surface area contributed by atoms with Gasteiger partial charge in [-0.15, -0.1) is 0 Å². The van der Waals surface area contributed by atoms with E-state index in [0.29, 0.717) is 24.1 Å². The highest BCUT2D eigenvalue weighted by Gasteiger charge is 2.21. The van der Waals surface area contributed by atoms with Gasteiger partial charge in [0.2, 0.25) is 5.91 Å². The maximum Gasteiger partial charge on any atom is 0.331 e. The molecular formula is C22H18N2O4. The Hall–Kier alpha value is -3.72. The van der Waals surface area contributed by atoms with E-state index in [0.717, 1.165) is 17.7 Å². The fourth-order valence-electron chi connectivity index (χ4n) is 2.85. The van der Waals surface area contributed by atoms with Crippen molar-refractivity contribution >= 4 is 29.4 Å². The molecule has 6 nitrogen and oxygen atoms in total. The normalized spacial score (nSPS) is 13.5. The lowest BCUT2D eigenvalue weighted by Gasteiger charge is -2.15. The van der Waals surface area contributed by atoms with Crippen molar-refractivity contribution in [2.45, 2.75) is 12.8 Å². The van der Waals surface area contributed by atoms with Crippen molar-refractivity contribution in [1.82, 2.24) is 0 Å². The molecule has 140 valence electrons. The Kier molecular flexibility index (Phi) is 5.97. The van der Waals surface area contributed by atoms with E-state index in [9.17, 15) is 14.4 Å². The topological polar surface area (TPSA) is 87.5 Å². The average Bonchev–Trinajstić information content (AvgIpc) is 3.16. The number of rotatable bonds is 6. The monoisotopic (exact) mass is 374 g/mol. The van der Waals surface area contributed by atoms with Crippen molar-refractivity contribution in [3.63, 3.8) is 0 Å². The van der Waals surface area contributed by atoms with Gasteiger partial charge in [-0.05, 0) is 54.5 Å². The van der Waals surface area contributed by atoms with Gasteiger partial charge in [0, 0.05) is 30.3 Å². The number of anilines is 1. The number of Topliss-reactive ketones (excluding diaryl/α,β-unsaturated/α-hetero) is 1. The molecule has 0 aliphatic carbocycles. The summed E-state index contributed by atoms with van der Waals surface area (Å²) >= 11 is 0. The van der Waals surface area contributed by atoms with E-state index < -0.39 is 5.97 Å². The Morgan fingerprint density at radius 2 is 1.82 bits per heavy atom. The van der Waals surface area contributed by atoms with Crippen molar-refractivity contribution in [2.75, 3.05) is 18.1 Å². The van der Waals surface area contributed by atoms with Gasteiger partial charge in [-0.3, -0.25) is 9.59 Å². The van der Waals surface area contributed by atoms with Crippen LogP contribution in [0.2, 0.25) is 0 Å². The van der Waals surface area contributed by atoms with Gasteiger partial charge >= 0.3 is 5.97 Å². The van der Waals surface area contributed by atoms with E-state index in [1.54, 1.807) is 59.5 Å². The van der Waals surface area contributed by atoms with E-state index >= 15 is 0 Å². The first-order valence-electron chi connectivity index (χ1n) is 8.85. The van der Waals surface area contributed by atoms with Crippen LogP contribution in [0.5, 0.6) is 0 Å². The Balaban J connectivity index is 1.51. The highest BCUT2D eigenvalue weighted by atomic mass is 16.5. The molecular weight excluding hydrogens is 356 g/mol. The Bertz CT molecular complexity index is 954. The average molecular weight is 374 g/mol. The molecule has 2 aromatic carbocycles. The molecule has 1 saturated heterocycles. The number of benzene rings is 2. The first-order chi connectivity index (χ1) is 13.6. The second-order valence-corrected chi connectivity index (χ2v) is 6.29. The van der Waals surface area contributed by atoms with E-state index in [2.05, 4.69) is 0 Å². The molecule has 1 fully saturated rings. The van der Waals surface area contributed by atoms with E-state index in [1.807, 2.05) is 6.07 Å². The molecule has 28 heavy (non-hydrogen) atoms. The SMILES string of the molecule is N#Cc1ccc(/C=C/C(=O)OCC(=O)c2ccc(N3CCCC3=O)cc2)cc1. The highest BCUT2D eigenvalue weighted by Crippen LogP contribution is 2.21. The van der Waals surface area contributed by atoms with Gasteiger partial charge < -0.3 is 9.64 Å². The summed E-state index contributed by atoms with van der Waals surface area (Å²) < 4.78 is 4.98. The first-order valence-corrected chi connectivity index (χ1v) is 8.85. The second kappa shape index (κ2) is 8.78. The van der Waals surface area contributed by atoms with Gasteiger partial charge in [0.15, 0.2) is 12.4 Å². The Labute approximate surface area is 162 Å². The van der Waals surface area contributed by atoms with Gasteiger partial charge in [-0.25, -0.2) is 4.79 Å². The number of carbonyl (C=O) groups is 3. The van der Waals surface area contributed by atoms with Crippen molar-refractivity contribution < 1.29 is 19.1 Å². The molecule has 0 spiro atoms.